The molecule has 0 aliphatic heterocycles. The van der Waals surface area contributed by atoms with E-state index in [1.165, 1.54) is 12.7 Å². The summed E-state index contributed by atoms with van der Waals surface area (Å²) in [5.41, 5.74) is 6.76. The lowest BCUT2D eigenvalue weighted by Gasteiger charge is -2.21. The van der Waals surface area contributed by atoms with E-state index >= 15 is 0 Å². The van der Waals surface area contributed by atoms with Crippen LogP contribution in [0.3, 0.4) is 0 Å². The molecule has 2 rings (SSSR count). The highest BCUT2D eigenvalue weighted by Crippen LogP contribution is 2.48. The molecule has 0 radical (unpaired) electrons. The van der Waals surface area contributed by atoms with Gasteiger partial charge < -0.3 is 34.0 Å². The van der Waals surface area contributed by atoms with Gasteiger partial charge in [-0.2, -0.15) is 0 Å². The SMILES string of the molecule is CCC(CC)OC(=O)OCOP(=O)(CO[C@H](C)Cn1cnc2c(N)ncnc21)OCOC(=O)OC(CC)CC. The van der Waals surface area contributed by atoms with Crippen molar-refractivity contribution >= 4 is 36.9 Å². The molecule has 0 aromatic carbocycles. The van der Waals surface area contributed by atoms with Gasteiger partial charge in [0.15, 0.2) is 11.5 Å². The minimum Gasteiger partial charge on any atom is -0.431 e. The Morgan fingerprint density at radius 2 is 1.46 bits per heavy atom. The van der Waals surface area contributed by atoms with E-state index in [4.69, 9.17) is 38.5 Å². The lowest BCUT2D eigenvalue weighted by Crippen LogP contribution is -2.21. The van der Waals surface area contributed by atoms with E-state index < -0.39 is 45.9 Å². The number of nitrogen functional groups attached to an aromatic ring is 1. The molecule has 0 bridgehead atoms. The predicted molar refractivity (Wildman–Crippen MR) is 139 cm³/mol. The number of fused-ring (bicyclic) bond motifs is 1. The van der Waals surface area contributed by atoms with Gasteiger partial charge in [0.2, 0.25) is 13.6 Å². The van der Waals surface area contributed by atoms with Crippen LogP contribution in [0.1, 0.15) is 60.3 Å². The maximum absolute atomic E-state index is 13.3. The average Bonchev–Trinajstić information content (AvgIpc) is 3.33. The molecule has 0 saturated carbocycles. The number of anilines is 1. The zero-order valence-corrected chi connectivity index (χ0v) is 23.8. The first-order chi connectivity index (χ1) is 18.6. The van der Waals surface area contributed by atoms with E-state index in [0.29, 0.717) is 36.8 Å². The van der Waals surface area contributed by atoms with Crippen molar-refractivity contribution < 1.29 is 46.9 Å². The summed E-state index contributed by atoms with van der Waals surface area (Å²) in [5.74, 6) is 0.240. The fourth-order valence-corrected chi connectivity index (χ4v) is 4.34. The van der Waals surface area contributed by atoms with Crippen LogP contribution in [0.2, 0.25) is 0 Å². The first-order valence-electron chi connectivity index (χ1n) is 12.7. The van der Waals surface area contributed by atoms with Gasteiger partial charge in [0.25, 0.3) is 0 Å². The summed E-state index contributed by atoms with van der Waals surface area (Å²) < 4.78 is 51.1. The molecule has 2 aromatic heterocycles. The second kappa shape index (κ2) is 16.2. The van der Waals surface area contributed by atoms with Crippen LogP contribution in [0.5, 0.6) is 0 Å². The van der Waals surface area contributed by atoms with Crippen molar-refractivity contribution in [3.63, 3.8) is 0 Å². The van der Waals surface area contributed by atoms with Crippen molar-refractivity contribution in [3.8, 4) is 0 Å². The summed E-state index contributed by atoms with van der Waals surface area (Å²) >= 11 is 0. The fourth-order valence-electron chi connectivity index (χ4n) is 3.25. The number of hydrogen-bond donors (Lipinski definition) is 1. The van der Waals surface area contributed by atoms with Gasteiger partial charge in [0.1, 0.15) is 30.4 Å². The number of carbonyl (C=O) groups is 2. The third kappa shape index (κ3) is 10.6. The van der Waals surface area contributed by atoms with Crippen molar-refractivity contribution in [3.05, 3.63) is 12.7 Å². The first-order valence-corrected chi connectivity index (χ1v) is 14.4. The molecule has 2 heterocycles. The normalized spacial score (nSPS) is 12.6. The lowest BCUT2D eigenvalue weighted by atomic mass is 10.2. The molecule has 0 amide bonds. The van der Waals surface area contributed by atoms with Crippen LogP contribution in [-0.4, -0.2) is 70.1 Å². The number of carbonyl (C=O) groups excluding carboxylic acids is 2. The van der Waals surface area contributed by atoms with Gasteiger partial charge >= 0.3 is 19.9 Å². The van der Waals surface area contributed by atoms with Gasteiger partial charge in [0.05, 0.1) is 19.0 Å². The third-order valence-electron chi connectivity index (χ3n) is 5.60. The van der Waals surface area contributed by atoms with Crippen molar-refractivity contribution in [2.45, 2.75) is 85.2 Å². The standard InChI is InChI=1S/C23H38N5O10P/c1-6-17(7-2)37-22(29)32-13-35-39(31,36-14-33-23(30)38-18(8-3)9-4)15-34-16(5)10-28-12-27-19-20(24)25-11-26-21(19)28/h11-12,16-18H,6-10,13-15H2,1-5H3,(H2,24,25,26)/t16-/m1/s1. The summed E-state index contributed by atoms with van der Waals surface area (Å²) in [5, 5.41) is 0. The summed E-state index contributed by atoms with van der Waals surface area (Å²) in [6.07, 6.45) is 1.59. The van der Waals surface area contributed by atoms with Crippen molar-refractivity contribution in [2.24, 2.45) is 0 Å². The minimum atomic E-state index is -4.09. The van der Waals surface area contributed by atoms with Gasteiger partial charge in [-0.1, -0.05) is 27.7 Å². The largest absolute Gasteiger partial charge is 0.510 e. The second-order valence-corrected chi connectivity index (χ2v) is 10.4. The van der Waals surface area contributed by atoms with Crippen LogP contribution in [0.4, 0.5) is 15.4 Å². The van der Waals surface area contributed by atoms with E-state index in [1.807, 2.05) is 27.7 Å². The summed E-state index contributed by atoms with van der Waals surface area (Å²) in [4.78, 5) is 36.1. The van der Waals surface area contributed by atoms with E-state index in [1.54, 1.807) is 11.5 Å². The minimum absolute atomic E-state index is 0.240. The number of imidazole rings is 1. The highest BCUT2D eigenvalue weighted by atomic mass is 31.2. The molecule has 39 heavy (non-hydrogen) atoms. The monoisotopic (exact) mass is 575 g/mol. The molecule has 0 spiro atoms. The average molecular weight is 576 g/mol. The molecule has 0 aliphatic carbocycles. The number of nitrogens with zero attached hydrogens (tertiary/aromatic N) is 4. The Balaban J connectivity index is 1.96. The Morgan fingerprint density at radius 1 is 0.923 bits per heavy atom. The van der Waals surface area contributed by atoms with Gasteiger partial charge in [-0.25, -0.2) is 24.5 Å². The Labute approximate surface area is 227 Å². The maximum atomic E-state index is 13.3. The van der Waals surface area contributed by atoms with Crippen LogP contribution in [-0.2, 0) is 43.8 Å². The summed E-state index contributed by atoms with van der Waals surface area (Å²) in [6, 6.07) is 0. The van der Waals surface area contributed by atoms with Crippen molar-refractivity contribution in [1.82, 2.24) is 19.5 Å². The molecule has 2 N–H and O–H groups in total. The number of rotatable bonds is 17. The zero-order valence-electron chi connectivity index (χ0n) is 22.9. The molecule has 0 unspecified atom stereocenters. The van der Waals surface area contributed by atoms with Crippen LogP contribution < -0.4 is 5.73 Å². The van der Waals surface area contributed by atoms with Gasteiger partial charge in [-0.05, 0) is 32.6 Å². The number of nitrogens with two attached hydrogens (primary N) is 1. The summed E-state index contributed by atoms with van der Waals surface area (Å²) in [7, 11) is -4.09. The Kier molecular flexibility index (Phi) is 13.4. The smallest absolute Gasteiger partial charge is 0.431 e. The van der Waals surface area contributed by atoms with E-state index in [2.05, 4.69) is 15.0 Å². The van der Waals surface area contributed by atoms with Crippen LogP contribution >= 0.6 is 7.60 Å². The Bertz CT molecular complexity index is 1060. The molecule has 0 aliphatic rings. The Hall–Kier alpha value is -3.00. The second-order valence-electron chi connectivity index (χ2n) is 8.44. The quantitative estimate of drug-likeness (QED) is 0.157. The zero-order chi connectivity index (χ0) is 28.8. The van der Waals surface area contributed by atoms with E-state index in [9.17, 15) is 14.2 Å². The first kappa shape index (κ1) is 32.2. The highest BCUT2D eigenvalue weighted by Gasteiger charge is 2.29. The van der Waals surface area contributed by atoms with Gasteiger partial charge in [0, 0.05) is 0 Å². The molecular formula is C23H38N5O10P. The summed E-state index contributed by atoms with van der Waals surface area (Å²) in [6.45, 7) is 7.95. The van der Waals surface area contributed by atoms with Gasteiger partial charge in [-0.3, -0.25) is 13.6 Å². The number of ether oxygens (including phenoxy) is 5. The molecule has 220 valence electrons. The van der Waals surface area contributed by atoms with Crippen molar-refractivity contribution in [1.29, 1.82) is 0 Å². The third-order valence-corrected chi connectivity index (χ3v) is 7.06. The molecule has 16 heteroatoms. The topological polar surface area (TPSA) is 185 Å². The highest BCUT2D eigenvalue weighted by molar-refractivity contribution is 7.53. The Morgan fingerprint density at radius 3 is 1.97 bits per heavy atom. The van der Waals surface area contributed by atoms with Crippen LogP contribution in [0, 0.1) is 0 Å². The number of hydrogen-bond acceptors (Lipinski definition) is 14. The molecule has 1 atom stereocenters. The molecular weight excluding hydrogens is 537 g/mol. The molecule has 2 aromatic rings. The lowest BCUT2D eigenvalue weighted by molar-refractivity contribution is -0.0422. The van der Waals surface area contributed by atoms with Gasteiger partial charge in [-0.15, -0.1) is 0 Å². The molecule has 15 nitrogen and oxygen atoms in total. The van der Waals surface area contributed by atoms with Crippen LogP contribution in [0.25, 0.3) is 11.2 Å². The van der Waals surface area contributed by atoms with Crippen molar-refractivity contribution in [2.75, 3.05) is 25.7 Å². The molecule has 0 fully saturated rings. The van der Waals surface area contributed by atoms with E-state index in [0.717, 1.165) is 0 Å². The predicted octanol–water partition coefficient (Wildman–Crippen LogP) is 4.60. The van der Waals surface area contributed by atoms with E-state index in [-0.39, 0.29) is 24.6 Å². The van der Waals surface area contributed by atoms with Crippen LogP contribution in [0.15, 0.2) is 12.7 Å². The fraction of sp³-hybridized carbons (Fsp3) is 0.696. The maximum Gasteiger partial charge on any atom is 0.510 e. The number of aromatic nitrogens is 4. The molecule has 0 saturated heterocycles.